The maximum Gasteiger partial charge on any atom is 0.0669 e. The normalized spacial score (nSPS) is 24.2. The molecule has 1 unspecified atom stereocenters. The molecule has 0 saturated heterocycles. The van der Waals surface area contributed by atoms with Crippen LogP contribution in [0.2, 0.25) is 0 Å². The Hall–Kier alpha value is -0.0800. The third kappa shape index (κ3) is 3.74. The highest BCUT2D eigenvalue weighted by molar-refractivity contribution is 4.86. The number of nitrogens with zero attached hydrogens (tertiary/aromatic N) is 1. The lowest BCUT2D eigenvalue weighted by atomic mass is 10.00. The van der Waals surface area contributed by atoms with Crippen molar-refractivity contribution < 1.29 is 5.11 Å². The van der Waals surface area contributed by atoms with Crippen LogP contribution in [0.4, 0.5) is 0 Å². The molecule has 2 aliphatic carbocycles. The second-order valence-electron chi connectivity index (χ2n) is 5.77. The summed E-state index contributed by atoms with van der Waals surface area (Å²) in [6.07, 6.45) is 10.4. The van der Waals surface area contributed by atoms with Gasteiger partial charge in [0.15, 0.2) is 0 Å². The number of aliphatic hydroxyl groups is 1. The molecule has 0 heterocycles. The molecule has 2 saturated carbocycles. The zero-order chi connectivity index (χ0) is 11.4. The summed E-state index contributed by atoms with van der Waals surface area (Å²) in [5, 5.41) is 10.1. The average molecular weight is 225 g/mol. The molecular weight excluding hydrogens is 198 g/mol. The van der Waals surface area contributed by atoms with Gasteiger partial charge in [0, 0.05) is 12.6 Å². The minimum Gasteiger partial charge on any atom is -0.392 e. The summed E-state index contributed by atoms with van der Waals surface area (Å²) < 4.78 is 0. The fourth-order valence-electron chi connectivity index (χ4n) is 3.13. The van der Waals surface area contributed by atoms with Crippen LogP contribution in [0, 0.1) is 5.92 Å². The monoisotopic (exact) mass is 225 g/mol. The smallest absolute Gasteiger partial charge is 0.0669 e. The molecule has 94 valence electrons. The van der Waals surface area contributed by atoms with Gasteiger partial charge in [-0.2, -0.15) is 0 Å². The van der Waals surface area contributed by atoms with Crippen molar-refractivity contribution in [3.63, 3.8) is 0 Å². The Balaban J connectivity index is 1.68. The molecule has 0 amide bonds. The number of hydrogen-bond donors (Lipinski definition) is 1. The first-order chi connectivity index (χ1) is 7.79. The van der Waals surface area contributed by atoms with Gasteiger partial charge in [0.1, 0.15) is 0 Å². The molecule has 2 nitrogen and oxygen atoms in total. The zero-order valence-corrected chi connectivity index (χ0v) is 10.7. The van der Waals surface area contributed by atoms with E-state index in [0.29, 0.717) is 0 Å². The molecule has 0 spiro atoms. The van der Waals surface area contributed by atoms with Crippen LogP contribution < -0.4 is 0 Å². The fraction of sp³-hybridized carbons (Fsp3) is 1.00. The molecule has 0 aromatic heterocycles. The number of aliphatic hydroxyl groups excluding tert-OH is 1. The van der Waals surface area contributed by atoms with Crippen LogP contribution in [0.15, 0.2) is 0 Å². The minimum absolute atomic E-state index is 0.0738. The van der Waals surface area contributed by atoms with Crippen LogP contribution in [-0.4, -0.2) is 35.2 Å². The van der Waals surface area contributed by atoms with Gasteiger partial charge < -0.3 is 5.11 Å². The number of rotatable bonds is 7. The van der Waals surface area contributed by atoms with Gasteiger partial charge in [-0.25, -0.2) is 0 Å². The van der Waals surface area contributed by atoms with Crippen LogP contribution >= 0.6 is 0 Å². The summed E-state index contributed by atoms with van der Waals surface area (Å²) in [6.45, 7) is 4.33. The highest BCUT2D eigenvalue weighted by atomic mass is 16.3. The van der Waals surface area contributed by atoms with Gasteiger partial charge in [-0.15, -0.1) is 0 Å². The van der Waals surface area contributed by atoms with Crippen LogP contribution in [0.5, 0.6) is 0 Å². The Morgan fingerprint density at radius 1 is 1.19 bits per heavy atom. The second kappa shape index (κ2) is 6.02. The Morgan fingerprint density at radius 3 is 2.44 bits per heavy atom. The molecule has 0 aromatic carbocycles. The van der Waals surface area contributed by atoms with Gasteiger partial charge in [-0.3, -0.25) is 4.90 Å². The van der Waals surface area contributed by atoms with Gasteiger partial charge in [0.2, 0.25) is 0 Å². The topological polar surface area (TPSA) is 23.5 Å². The fourth-order valence-corrected chi connectivity index (χ4v) is 3.13. The van der Waals surface area contributed by atoms with E-state index in [0.717, 1.165) is 24.9 Å². The Kier molecular flexibility index (Phi) is 4.66. The molecule has 2 rings (SSSR count). The summed E-state index contributed by atoms with van der Waals surface area (Å²) >= 11 is 0. The van der Waals surface area contributed by atoms with E-state index in [1.807, 2.05) is 0 Å². The van der Waals surface area contributed by atoms with Crippen molar-refractivity contribution in [2.75, 3.05) is 13.1 Å². The van der Waals surface area contributed by atoms with Crippen LogP contribution in [0.25, 0.3) is 0 Å². The van der Waals surface area contributed by atoms with Gasteiger partial charge in [0.25, 0.3) is 0 Å². The summed E-state index contributed by atoms with van der Waals surface area (Å²) in [5.41, 5.74) is 0. The van der Waals surface area contributed by atoms with E-state index in [9.17, 15) is 5.11 Å². The summed E-state index contributed by atoms with van der Waals surface area (Å²) in [4.78, 5) is 2.51. The van der Waals surface area contributed by atoms with Crippen molar-refractivity contribution in [2.24, 2.45) is 5.92 Å². The first-order valence-electron chi connectivity index (χ1n) is 7.21. The molecule has 2 aliphatic rings. The Morgan fingerprint density at radius 2 is 1.88 bits per heavy atom. The van der Waals surface area contributed by atoms with Gasteiger partial charge >= 0.3 is 0 Å². The molecule has 0 radical (unpaired) electrons. The summed E-state index contributed by atoms with van der Waals surface area (Å²) in [7, 11) is 0. The third-order valence-corrected chi connectivity index (χ3v) is 4.10. The predicted molar refractivity (Wildman–Crippen MR) is 67.5 cm³/mol. The quantitative estimate of drug-likeness (QED) is 0.720. The zero-order valence-electron chi connectivity index (χ0n) is 10.7. The minimum atomic E-state index is -0.0738. The van der Waals surface area contributed by atoms with Crippen molar-refractivity contribution in [2.45, 2.75) is 70.4 Å². The SMILES string of the molecule is CCCN(CC(O)CC1CCCC1)C1CC1. The average Bonchev–Trinajstić information content (AvgIpc) is 2.98. The van der Waals surface area contributed by atoms with E-state index in [-0.39, 0.29) is 6.10 Å². The molecular formula is C14H27NO. The van der Waals surface area contributed by atoms with E-state index in [2.05, 4.69) is 11.8 Å². The van der Waals surface area contributed by atoms with E-state index in [1.54, 1.807) is 0 Å². The maximum absolute atomic E-state index is 10.1. The lowest BCUT2D eigenvalue weighted by Crippen LogP contribution is -2.35. The van der Waals surface area contributed by atoms with E-state index in [1.165, 1.54) is 51.5 Å². The lowest BCUT2D eigenvalue weighted by Gasteiger charge is -2.25. The van der Waals surface area contributed by atoms with E-state index in [4.69, 9.17) is 0 Å². The molecule has 16 heavy (non-hydrogen) atoms. The molecule has 1 atom stereocenters. The standard InChI is InChI=1S/C14H27NO/c1-2-9-15(13-7-8-13)11-14(16)10-12-5-3-4-6-12/h12-14,16H,2-11H2,1H3. The maximum atomic E-state index is 10.1. The molecule has 2 heteroatoms. The highest BCUT2D eigenvalue weighted by Gasteiger charge is 2.30. The Bertz CT molecular complexity index is 197. The van der Waals surface area contributed by atoms with Gasteiger partial charge in [-0.1, -0.05) is 32.6 Å². The van der Waals surface area contributed by atoms with E-state index < -0.39 is 0 Å². The summed E-state index contributed by atoms with van der Waals surface area (Å²) in [5.74, 6) is 0.817. The van der Waals surface area contributed by atoms with Crippen molar-refractivity contribution in [1.29, 1.82) is 0 Å². The first kappa shape index (κ1) is 12.4. The molecule has 0 aliphatic heterocycles. The van der Waals surface area contributed by atoms with Gasteiger partial charge in [-0.05, 0) is 38.1 Å². The first-order valence-corrected chi connectivity index (χ1v) is 7.21. The van der Waals surface area contributed by atoms with Gasteiger partial charge in [0.05, 0.1) is 6.10 Å². The van der Waals surface area contributed by atoms with Crippen molar-refractivity contribution in [1.82, 2.24) is 4.90 Å². The Labute approximate surface area is 100 Å². The largest absolute Gasteiger partial charge is 0.392 e. The van der Waals surface area contributed by atoms with E-state index >= 15 is 0 Å². The number of hydrogen-bond acceptors (Lipinski definition) is 2. The van der Waals surface area contributed by atoms with Crippen molar-refractivity contribution >= 4 is 0 Å². The second-order valence-corrected chi connectivity index (χ2v) is 5.77. The summed E-state index contributed by atoms with van der Waals surface area (Å²) in [6, 6.07) is 0.804. The predicted octanol–water partition coefficient (Wildman–Crippen LogP) is 2.80. The molecule has 0 bridgehead atoms. The van der Waals surface area contributed by atoms with Crippen LogP contribution in [0.1, 0.15) is 58.3 Å². The molecule has 2 fully saturated rings. The van der Waals surface area contributed by atoms with Crippen molar-refractivity contribution in [3.05, 3.63) is 0 Å². The van der Waals surface area contributed by atoms with Crippen LogP contribution in [0.3, 0.4) is 0 Å². The van der Waals surface area contributed by atoms with Crippen LogP contribution in [-0.2, 0) is 0 Å². The molecule has 1 N–H and O–H groups in total. The highest BCUT2D eigenvalue weighted by Crippen LogP contribution is 2.30. The lowest BCUT2D eigenvalue weighted by molar-refractivity contribution is 0.0875. The van der Waals surface area contributed by atoms with Crippen molar-refractivity contribution in [3.8, 4) is 0 Å². The molecule has 0 aromatic rings. The third-order valence-electron chi connectivity index (χ3n) is 4.10.